The number of nitrogens with zero attached hydrogens (tertiary/aromatic N) is 1. The molecule has 7 nitrogen and oxygen atoms in total. The first-order valence-electron chi connectivity index (χ1n) is 4.29. The molecule has 0 spiro atoms. The minimum Gasteiger partial charge on any atom is -0.323 e. The first-order chi connectivity index (χ1) is 6.50. The van der Waals surface area contributed by atoms with Crippen LogP contribution in [0.4, 0.5) is 0 Å². The standard InChI is InChI=1S/C6H17NO6P2/c1-4-5-6(7(2)3,14(8,9)10)15(11,12)13/h4-5H2,1-3H3,(H2,8,9,10)(H2,11,12,13). The van der Waals surface area contributed by atoms with Crippen molar-refractivity contribution in [2.45, 2.75) is 24.8 Å². The maximum atomic E-state index is 11.3. The van der Waals surface area contributed by atoms with E-state index in [0.29, 0.717) is 0 Å². The molecule has 0 atom stereocenters. The summed E-state index contributed by atoms with van der Waals surface area (Å²) in [5.74, 6) is 0. The fourth-order valence-electron chi connectivity index (χ4n) is 1.54. The summed E-state index contributed by atoms with van der Waals surface area (Å²) in [6.07, 6.45) is -0.0110. The second kappa shape index (κ2) is 4.63. The minimum absolute atomic E-state index is 0.258. The Bertz CT molecular complexity index is 283. The van der Waals surface area contributed by atoms with Crippen LogP contribution in [0.1, 0.15) is 19.8 Å². The smallest absolute Gasteiger partial charge is 0.323 e. The molecule has 0 saturated carbocycles. The van der Waals surface area contributed by atoms with Crippen LogP contribution < -0.4 is 0 Å². The third kappa shape index (κ3) is 2.68. The first kappa shape index (κ1) is 15.3. The second-order valence-corrected chi connectivity index (χ2v) is 7.52. The van der Waals surface area contributed by atoms with E-state index in [4.69, 9.17) is 19.6 Å². The zero-order valence-electron chi connectivity index (χ0n) is 8.86. The molecule has 92 valence electrons. The van der Waals surface area contributed by atoms with Crippen molar-refractivity contribution in [1.29, 1.82) is 0 Å². The van der Waals surface area contributed by atoms with E-state index in [-0.39, 0.29) is 12.8 Å². The van der Waals surface area contributed by atoms with Gasteiger partial charge in [-0.05, 0) is 20.5 Å². The van der Waals surface area contributed by atoms with E-state index in [1.807, 2.05) is 0 Å². The predicted molar refractivity (Wildman–Crippen MR) is 55.4 cm³/mol. The van der Waals surface area contributed by atoms with Gasteiger partial charge in [-0.1, -0.05) is 13.3 Å². The summed E-state index contributed by atoms with van der Waals surface area (Å²) in [5.41, 5.74) is 0. The SMILES string of the molecule is CCCC(N(C)C)(P(=O)(O)O)P(=O)(O)O. The first-order valence-corrected chi connectivity index (χ1v) is 7.52. The summed E-state index contributed by atoms with van der Waals surface area (Å²) in [4.78, 5) is 37.5. The van der Waals surface area contributed by atoms with Gasteiger partial charge in [0, 0.05) is 0 Å². The van der Waals surface area contributed by atoms with Gasteiger partial charge in [0.2, 0.25) is 5.02 Å². The van der Waals surface area contributed by atoms with Crippen molar-refractivity contribution in [2.75, 3.05) is 14.1 Å². The van der Waals surface area contributed by atoms with Gasteiger partial charge in [0.05, 0.1) is 0 Å². The summed E-state index contributed by atoms with van der Waals surface area (Å²) in [6, 6.07) is 0. The molecule has 0 saturated heterocycles. The van der Waals surface area contributed by atoms with Gasteiger partial charge in [0.1, 0.15) is 0 Å². The summed E-state index contributed by atoms with van der Waals surface area (Å²) in [7, 11) is -7.39. The maximum absolute atomic E-state index is 11.3. The number of rotatable bonds is 5. The van der Waals surface area contributed by atoms with Crippen LogP contribution in [-0.4, -0.2) is 43.6 Å². The lowest BCUT2D eigenvalue weighted by Crippen LogP contribution is -2.43. The third-order valence-corrected chi connectivity index (χ3v) is 6.91. The lowest BCUT2D eigenvalue weighted by atomic mass is 10.3. The topological polar surface area (TPSA) is 118 Å². The molecule has 0 fully saturated rings. The molecule has 0 unspecified atom stereocenters. The van der Waals surface area contributed by atoms with E-state index in [9.17, 15) is 9.13 Å². The van der Waals surface area contributed by atoms with Gasteiger partial charge in [-0.25, -0.2) is 0 Å². The molecule has 15 heavy (non-hydrogen) atoms. The van der Waals surface area contributed by atoms with Crippen molar-refractivity contribution in [3.63, 3.8) is 0 Å². The van der Waals surface area contributed by atoms with Crippen molar-refractivity contribution in [2.24, 2.45) is 0 Å². The molecule has 0 heterocycles. The Morgan fingerprint density at radius 2 is 1.40 bits per heavy atom. The molecular weight excluding hydrogens is 244 g/mol. The van der Waals surface area contributed by atoms with Gasteiger partial charge in [-0.15, -0.1) is 0 Å². The van der Waals surface area contributed by atoms with Crippen molar-refractivity contribution in [1.82, 2.24) is 4.90 Å². The van der Waals surface area contributed by atoms with Crippen LogP contribution in [0.25, 0.3) is 0 Å². The van der Waals surface area contributed by atoms with E-state index in [1.54, 1.807) is 6.92 Å². The van der Waals surface area contributed by atoms with E-state index in [1.165, 1.54) is 14.1 Å². The van der Waals surface area contributed by atoms with Crippen LogP contribution in [-0.2, 0) is 9.13 Å². The molecule has 0 aliphatic heterocycles. The molecule has 0 radical (unpaired) electrons. The molecule has 0 aromatic heterocycles. The highest BCUT2D eigenvalue weighted by atomic mass is 31.2. The van der Waals surface area contributed by atoms with E-state index in [2.05, 4.69) is 0 Å². The zero-order chi connectivity index (χ0) is 12.5. The van der Waals surface area contributed by atoms with Gasteiger partial charge in [0.25, 0.3) is 0 Å². The Morgan fingerprint density at radius 1 is 1.07 bits per heavy atom. The lowest BCUT2D eigenvalue weighted by molar-refractivity contribution is 0.201. The Morgan fingerprint density at radius 3 is 1.47 bits per heavy atom. The van der Waals surface area contributed by atoms with E-state index >= 15 is 0 Å². The lowest BCUT2D eigenvalue weighted by Gasteiger charge is -2.39. The van der Waals surface area contributed by atoms with Crippen molar-refractivity contribution >= 4 is 15.2 Å². The maximum Gasteiger partial charge on any atom is 0.358 e. The van der Waals surface area contributed by atoms with Crippen molar-refractivity contribution in [3.8, 4) is 0 Å². The van der Waals surface area contributed by atoms with E-state index < -0.39 is 20.2 Å². The normalized spacial score (nSPS) is 14.7. The predicted octanol–water partition coefficient (Wildman–Crippen LogP) is 0.357. The second-order valence-electron chi connectivity index (χ2n) is 3.51. The summed E-state index contributed by atoms with van der Waals surface area (Å²) >= 11 is 0. The Labute approximate surface area is 88.4 Å². The molecule has 0 bridgehead atoms. The molecule has 0 aromatic carbocycles. The molecule has 0 aliphatic carbocycles. The molecule has 0 amide bonds. The third-order valence-electron chi connectivity index (χ3n) is 2.23. The molecule has 0 aromatic rings. The van der Waals surface area contributed by atoms with Gasteiger partial charge < -0.3 is 19.6 Å². The van der Waals surface area contributed by atoms with Crippen molar-refractivity contribution < 1.29 is 28.7 Å². The summed E-state index contributed by atoms with van der Waals surface area (Å²) < 4.78 is 22.6. The highest BCUT2D eigenvalue weighted by Crippen LogP contribution is 2.71. The molecule has 4 N–H and O–H groups in total. The van der Waals surface area contributed by atoms with Crippen LogP contribution in [0.15, 0.2) is 0 Å². The van der Waals surface area contributed by atoms with Gasteiger partial charge >= 0.3 is 15.2 Å². The molecule has 0 aliphatic rings. The average Bonchev–Trinajstić information content (AvgIpc) is 1.93. The summed E-state index contributed by atoms with van der Waals surface area (Å²) in [5, 5.41) is -2.41. The van der Waals surface area contributed by atoms with Crippen LogP contribution >= 0.6 is 15.2 Å². The number of hydrogen-bond acceptors (Lipinski definition) is 3. The van der Waals surface area contributed by atoms with Crippen LogP contribution in [0.3, 0.4) is 0 Å². The Balaban J connectivity index is 5.72. The van der Waals surface area contributed by atoms with Crippen molar-refractivity contribution in [3.05, 3.63) is 0 Å². The highest BCUT2D eigenvalue weighted by molar-refractivity contribution is 7.72. The van der Waals surface area contributed by atoms with Crippen LogP contribution in [0.5, 0.6) is 0 Å². The highest BCUT2D eigenvalue weighted by Gasteiger charge is 2.61. The minimum atomic E-state index is -4.94. The zero-order valence-corrected chi connectivity index (χ0v) is 10.7. The summed E-state index contributed by atoms with van der Waals surface area (Å²) in [6.45, 7) is 1.60. The Hall–Kier alpha value is 0.260. The number of hydrogen-bond donors (Lipinski definition) is 4. The van der Waals surface area contributed by atoms with Gasteiger partial charge in [-0.2, -0.15) is 0 Å². The Kier molecular flexibility index (Phi) is 4.71. The van der Waals surface area contributed by atoms with E-state index in [0.717, 1.165) is 4.90 Å². The fourth-order valence-corrected chi connectivity index (χ4v) is 4.97. The quantitative estimate of drug-likeness (QED) is 0.527. The fraction of sp³-hybridized carbons (Fsp3) is 1.00. The van der Waals surface area contributed by atoms with Crippen LogP contribution in [0.2, 0.25) is 0 Å². The molecule has 0 rings (SSSR count). The molecule has 9 heteroatoms. The van der Waals surface area contributed by atoms with Gasteiger partial charge in [-0.3, -0.25) is 14.0 Å². The van der Waals surface area contributed by atoms with Gasteiger partial charge in [0.15, 0.2) is 0 Å². The monoisotopic (exact) mass is 261 g/mol. The largest absolute Gasteiger partial charge is 0.358 e. The molecular formula is C6H17NO6P2. The van der Waals surface area contributed by atoms with Crippen LogP contribution in [0, 0.1) is 0 Å². The average molecular weight is 261 g/mol.